The van der Waals surface area contributed by atoms with Crippen LogP contribution in [-0.2, 0) is 0 Å². The number of imidazole rings is 1. The lowest BCUT2D eigenvalue weighted by atomic mass is 10.1. The van der Waals surface area contributed by atoms with Gasteiger partial charge in [-0.25, -0.2) is 9.37 Å². The highest BCUT2D eigenvalue weighted by molar-refractivity contribution is 7.71. The molecule has 1 amide bonds. The summed E-state index contributed by atoms with van der Waals surface area (Å²) in [5.74, 6) is -0.952. The standard InChI is InChI=1S/C11H7FN4OS2/c12-5-3-6(8-7(4-5)14-10(18)15-8)9(17)16-11-13-1-2-19-11/h1-4H,(H,13,16,17)(H2,14,15,18). The third-order valence-corrected chi connectivity index (χ3v) is 3.38. The Morgan fingerprint density at radius 2 is 2.26 bits per heavy atom. The summed E-state index contributed by atoms with van der Waals surface area (Å²) in [4.78, 5) is 21.7. The number of amides is 1. The summed E-state index contributed by atoms with van der Waals surface area (Å²) < 4.78 is 13.8. The minimum Gasteiger partial charge on any atom is -0.331 e. The molecule has 0 bridgehead atoms. The van der Waals surface area contributed by atoms with Gasteiger partial charge in [-0.15, -0.1) is 11.3 Å². The van der Waals surface area contributed by atoms with Gasteiger partial charge < -0.3 is 9.97 Å². The van der Waals surface area contributed by atoms with Crippen LogP contribution < -0.4 is 5.32 Å². The number of aromatic nitrogens is 3. The molecule has 2 aromatic heterocycles. The Hall–Kier alpha value is -2.06. The van der Waals surface area contributed by atoms with E-state index in [1.165, 1.54) is 17.4 Å². The molecule has 0 unspecified atom stereocenters. The average molecular weight is 294 g/mol. The quantitative estimate of drug-likeness (QED) is 0.636. The van der Waals surface area contributed by atoms with E-state index in [-0.39, 0.29) is 5.56 Å². The molecule has 0 saturated heterocycles. The van der Waals surface area contributed by atoms with Crippen LogP contribution in [0.15, 0.2) is 23.7 Å². The van der Waals surface area contributed by atoms with Gasteiger partial charge in [0.1, 0.15) is 5.82 Å². The molecule has 8 heteroatoms. The van der Waals surface area contributed by atoms with Crippen molar-refractivity contribution in [1.82, 2.24) is 15.0 Å². The second-order valence-electron chi connectivity index (χ2n) is 3.75. The van der Waals surface area contributed by atoms with E-state index in [9.17, 15) is 9.18 Å². The Morgan fingerprint density at radius 3 is 3.00 bits per heavy atom. The Labute approximate surface area is 115 Å². The van der Waals surface area contributed by atoms with Gasteiger partial charge in [0, 0.05) is 11.6 Å². The first-order valence-electron chi connectivity index (χ1n) is 5.26. The van der Waals surface area contributed by atoms with Gasteiger partial charge >= 0.3 is 0 Å². The molecule has 19 heavy (non-hydrogen) atoms. The van der Waals surface area contributed by atoms with E-state index in [1.807, 2.05) is 0 Å². The molecule has 0 atom stereocenters. The number of nitrogens with one attached hydrogen (secondary N) is 3. The van der Waals surface area contributed by atoms with E-state index < -0.39 is 11.7 Å². The number of halogens is 1. The summed E-state index contributed by atoms with van der Waals surface area (Å²) >= 11 is 6.23. The van der Waals surface area contributed by atoms with Crippen molar-refractivity contribution < 1.29 is 9.18 Å². The SMILES string of the molecule is O=C(Nc1nccs1)c1cc(F)cc2[nH]c(=S)[nH]c12. The van der Waals surface area contributed by atoms with Gasteiger partial charge in [0.05, 0.1) is 16.6 Å². The molecule has 0 spiro atoms. The number of nitrogens with zero attached hydrogens (tertiary/aromatic N) is 1. The van der Waals surface area contributed by atoms with Crippen molar-refractivity contribution >= 4 is 45.6 Å². The number of benzene rings is 1. The number of aromatic amines is 2. The predicted molar refractivity (Wildman–Crippen MR) is 73.5 cm³/mol. The van der Waals surface area contributed by atoms with Crippen LogP contribution in [0.4, 0.5) is 9.52 Å². The molecule has 3 N–H and O–H groups in total. The number of carbonyl (C=O) groups is 1. The number of rotatable bonds is 2. The van der Waals surface area contributed by atoms with E-state index >= 15 is 0 Å². The van der Waals surface area contributed by atoms with Crippen LogP contribution >= 0.6 is 23.6 Å². The molecule has 0 aliphatic carbocycles. The van der Waals surface area contributed by atoms with Gasteiger partial charge in [-0.2, -0.15) is 0 Å². The first-order chi connectivity index (χ1) is 9.13. The lowest BCUT2D eigenvalue weighted by Crippen LogP contribution is -2.12. The molecule has 0 radical (unpaired) electrons. The van der Waals surface area contributed by atoms with E-state index in [0.717, 1.165) is 6.07 Å². The summed E-state index contributed by atoms with van der Waals surface area (Å²) in [7, 11) is 0. The van der Waals surface area contributed by atoms with Crippen molar-refractivity contribution in [3.63, 3.8) is 0 Å². The van der Waals surface area contributed by atoms with Crippen molar-refractivity contribution in [2.45, 2.75) is 0 Å². The summed E-state index contributed by atoms with van der Waals surface area (Å²) in [6.45, 7) is 0. The zero-order valence-corrected chi connectivity index (χ0v) is 11.0. The van der Waals surface area contributed by atoms with Crippen LogP contribution in [0.5, 0.6) is 0 Å². The zero-order chi connectivity index (χ0) is 13.4. The Kier molecular flexibility index (Phi) is 2.88. The largest absolute Gasteiger partial charge is 0.331 e. The van der Waals surface area contributed by atoms with Crippen LogP contribution in [0.2, 0.25) is 0 Å². The maximum atomic E-state index is 13.5. The molecule has 5 nitrogen and oxygen atoms in total. The second-order valence-corrected chi connectivity index (χ2v) is 5.05. The predicted octanol–water partition coefficient (Wildman–Crippen LogP) is 3.07. The molecule has 1 aromatic carbocycles. The Balaban J connectivity index is 2.08. The van der Waals surface area contributed by atoms with Gasteiger partial charge in [0.25, 0.3) is 5.91 Å². The minimum atomic E-state index is -0.512. The highest BCUT2D eigenvalue weighted by Crippen LogP contribution is 2.20. The van der Waals surface area contributed by atoms with Crippen molar-refractivity contribution in [2.24, 2.45) is 0 Å². The highest BCUT2D eigenvalue weighted by Gasteiger charge is 2.14. The van der Waals surface area contributed by atoms with Crippen molar-refractivity contribution in [3.8, 4) is 0 Å². The highest BCUT2D eigenvalue weighted by atomic mass is 32.1. The summed E-state index contributed by atoms with van der Waals surface area (Å²) in [6.07, 6.45) is 1.57. The molecule has 0 fully saturated rings. The average Bonchev–Trinajstić information content (AvgIpc) is 2.96. The van der Waals surface area contributed by atoms with Crippen LogP contribution in [0.3, 0.4) is 0 Å². The summed E-state index contributed by atoms with van der Waals surface area (Å²) in [5.41, 5.74) is 1.10. The molecule has 3 aromatic rings. The third kappa shape index (κ3) is 2.27. The zero-order valence-electron chi connectivity index (χ0n) is 9.36. The molecule has 0 aliphatic rings. The van der Waals surface area contributed by atoms with Gasteiger partial charge in [0.15, 0.2) is 9.90 Å². The number of hydrogen-bond donors (Lipinski definition) is 3. The lowest BCUT2D eigenvalue weighted by Gasteiger charge is -2.03. The number of H-pyrrole nitrogens is 2. The van der Waals surface area contributed by atoms with Crippen molar-refractivity contribution in [3.05, 3.63) is 39.9 Å². The van der Waals surface area contributed by atoms with Crippen molar-refractivity contribution in [1.29, 1.82) is 0 Å². The first kappa shape index (κ1) is 12.0. The smallest absolute Gasteiger partial charge is 0.259 e. The fourth-order valence-electron chi connectivity index (χ4n) is 1.74. The van der Waals surface area contributed by atoms with Gasteiger partial charge in [-0.3, -0.25) is 10.1 Å². The van der Waals surface area contributed by atoms with Gasteiger partial charge in [0.2, 0.25) is 0 Å². The van der Waals surface area contributed by atoms with Crippen LogP contribution in [-0.4, -0.2) is 20.9 Å². The van der Waals surface area contributed by atoms with Crippen LogP contribution in [0, 0.1) is 10.6 Å². The first-order valence-corrected chi connectivity index (χ1v) is 6.54. The van der Waals surface area contributed by atoms with Crippen LogP contribution in [0.25, 0.3) is 11.0 Å². The maximum absolute atomic E-state index is 13.5. The molecule has 2 heterocycles. The van der Waals surface area contributed by atoms with E-state index in [0.29, 0.717) is 20.9 Å². The van der Waals surface area contributed by atoms with Crippen LogP contribution in [0.1, 0.15) is 10.4 Å². The van der Waals surface area contributed by atoms with Gasteiger partial charge in [-0.1, -0.05) is 0 Å². The normalized spacial score (nSPS) is 10.8. The monoisotopic (exact) mass is 294 g/mol. The van der Waals surface area contributed by atoms with E-state index in [1.54, 1.807) is 11.6 Å². The second kappa shape index (κ2) is 4.56. The van der Waals surface area contributed by atoms with E-state index in [4.69, 9.17) is 12.2 Å². The number of thiazole rings is 1. The van der Waals surface area contributed by atoms with Gasteiger partial charge in [-0.05, 0) is 24.4 Å². The Morgan fingerprint density at radius 1 is 1.42 bits per heavy atom. The molecule has 3 rings (SSSR count). The number of hydrogen-bond acceptors (Lipinski definition) is 4. The third-order valence-electron chi connectivity index (χ3n) is 2.49. The fraction of sp³-hybridized carbons (Fsp3) is 0. The minimum absolute atomic E-state index is 0.178. The number of anilines is 1. The molecule has 0 saturated carbocycles. The van der Waals surface area contributed by atoms with E-state index in [2.05, 4.69) is 20.3 Å². The molecule has 96 valence electrons. The molecular weight excluding hydrogens is 287 g/mol. The number of fused-ring (bicyclic) bond motifs is 1. The maximum Gasteiger partial charge on any atom is 0.259 e. The summed E-state index contributed by atoms with van der Waals surface area (Å²) in [5, 5.41) is 4.79. The van der Waals surface area contributed by atoms with Crippen molar-refractivity contribution in [2.75, 3.05) is 5.32 Å². The lowest BCUT2D eigenvalue weighted by molar-refractivity contribution is 0.102. The fourth-order valence-corrected chi connectivity index (χ4v) is 2.47. The number of carbonyl (C=O) groups excluding carboxylic acids is 1. The summed E-state index contributed by atoms with van der Waals surface area (Å²) in [6, 6.07) is 2.44. The topological polar surface area (TPSA) is 73.6 Å². The Bertz CT molecular complexity index is 806. The molecular formula is C11H7FN4OS2. The molecule has 0 aliphatic heterocycles.